The molecule has 3 aromatic rings. The van der Waals surface area contributed by atoms with Gasteiger partial charge in [0.2, 0.25) is 0 Å². The van der Waals surface area contributed by atoms with Crippen molar-refractivity contribution in [3.05, 3.63) is 101 Å². The molecular weight excluding hydrogens is 360 g/mol. The molecule has 0 spiro atoms. The standard InChI is InChI=1S/C25H22N2O2/c1-18-8-11-23(14-19(18)2)27-25(28)22(16-26)15-20-9-12-24(13-10-20)29-17-21-6-4-3-5-7-21/h3-15H,17H2,1-2H3,(H,27,28)/b22-15+. The predicted molar refractivity (Wildman–Crippen MR) is 115 cm³/mol. The zero-order chi connectivity index (χ0) is 20.6. The van der Waals surface area contributed by atoms with Crippen LogP contribution in [0.2, 0.25) is 0 Å². The van der Waals surface area contributed by atoms with Gasteiger partial charge in [0.25, 0.3) is 5.91 Å². The Bertz CT molecular complexity index is 1060. The van der Waals surface area contributed by atoms with Crippen molar-refractivity contribution in [2.24, 2.45) is 0 Å². The number of hydrogen-bond acceptors (Lipinski definition) is 3. The van der Waals surface area contributed by atoms with Gasteiger partial charge in [-0.3, -0.25) is 4.79 Å². The molecule has 0 atom stereocenters. The van der Waals surface area contributed by atoms with Crippen molar-refractivity contribution >= 4 is 17.7 Å². The summed E-state index contributed by atoms with van der Waals surface area (Å²) in [5.41, 5.74) is 4.78. The van der Waals surface area contributed by atoms with Crippen molar-refractivity contribution in [1.29, 1.82) is 5.26 Å². The second-order valence-electron chi connectivity index (χ2n) is 6.77. The number of benzene rings is 3. The number of hydrogen-bond donors (Lipinski definition) is 1. The lowest BCUT2D eigenvalue weighted by Gasteiger charge is -2.08. The SMILES string of the molecule is Cc1ccc(NC(=O)/C(C#N)=C/c2ccc(OCc3ccccc3)cc2)cc1C. The molecule has 4 heteroatoms. The number of nitrogens with zero attached hydrogens (tertiary/aromatic N) is 1. The van der Waals surface area contributed by atoms with Gasteiger partial charge in [0.05, 0.1) is 0 Å². The third-order valence-corrected chi connectivity index (χ3v) is 4.57. The number of nitrogens with one attached hydrogen (secondary N) is 1. The Morgan fingerprint density at radius 2 is 1.72 bits per heavy atom. The quantitative estimate of drug-likeness (QED) is 0.457. The molecule has 0 aliphatic rings. The van der Waals surface area contributed by atoms with Gasteiger partial charge >= 0.3 is 0 Å². The van der Waals surface area contributed by atoms with E-state index >= 15 is 0 Å². The molecule has 29 heavy (non-hydrogen) atoms. The molecule has 3 aromatic carbocycles. The first-order valence-electron chi connectivity index (χ1n) is 9.32. The third kappa shape index (κ3) is 5.57. The fraction of sp³-hybridized carbons (Fsp3) is 0.120. The molecule has 0 fully saturated rings. The Morgan fingerprint density at radius 1 is 1.00 bits per heavy atom. The molecule has 0 unspecified atom stereocenters. The molecule has 1 N–H and O–H groups in total. The van der Waals surface area contributed by atoms with E-state index in [4.69, 9.17) is 4.74 Å². The molecule has 0 bridgehead atoms. The van der Waals surface area contributed by atoms with Gasteiger partial charge in [-0.1, -0.05) is 48.5 Å². The van der Waals surface area contributed by atoms with E-state index in [1.54, 1.807) is 6.08 Å². The van der Waals surface area contributed by atoms with Crippen LogP contribution >= 0.6 is 0 Å². The van der Waals surface area contributed by atoms with Crippen molar-refractivity contribution in [2.75, 3.05) is 5.32 Å². The van der Waals surface area contributed by atoms with E-state index in [0.717, 1.165) is 28.0 Å². The maximum absolute atomic E-state index is 12.4. The Balaban J connectivity index is 1.65. The average Bonchev–Trinajstić information content (AvgIpc) is 2.74. The molecule has 0 aromatic heterocycles. The minimum Gasteiger partial charge on any atom is -0.489 e. The van der Waals surface area contributed by atoms with Crippen LogP contribution in [0.3, 0.4) is 0 Å². The predicted octanol–water partition coefficient (Wildman–Crippen LogP) is 5.43. The van der Waals surface area contributed by atoms with Crippen LogP contribution in [-0.2, 0) is 11.4 Å². The van der Waals surface area contributed by atoms with Crippen LogP contribution in [0.5, 0.6) is 5.75 Å². The monoisotopic (exact) mass is 382 g/mol. The van der Waals surface area contributed by atoms with Gasteiger partial charge in [-0.25, -0.2) is 0 Å². The summed E-state index contributed by atoms with van der Waals surface area (Å²) < 4.78 is 5.76. The highest BCUT2D eigenvalue weighted by atomic mass is 16.5. The van der Waals surface area contributed by atoms with E-state index in [2.05, 4.69) is 5.32 Å². The van der Waals surface area contributed by atoms with Crippen LogP contribution < -0.4 is 10.1 Å². The van der Waals surface area contributed by atoms with Gasteiger partial charge in [-0.05, 0) is 66.4 Å². The second-order valence-corrected chi connectivity index (χ2v) is 6.77. The van der Waals surface area contributed by atoms with E-state index in [0.29, 0.717) is 12.3 Å². The summed E-state index contributed by atoms with van der Waals surface area (Å²) in [5.74, 6) is 0.296. The highest BCUT2D eigenvalue weighted by Crippen LogP contribution is 2.18. The lowest BCUT2D eigenvalue weighted by Crippen LogP contribution is -2.13. The van der Waals surface area contributed by atoms with Gasteiger partial charge in [-0.2, -0.15) is 5.26 Å². The summed E-state index contributed by atoms with van der Waals surface area (Å²) in [7, 11) is 0. The van der Waals surface area contributed by atoms with E-state index < -0.39 is 5.91 Å². The number of anilines is 1. The molecule has 0 saturated heterocycles. The summed E-state index contributed by atoms with van der Waals surface area (Å²) in [5, 5.41) is 12.2. The third-order valence-electron chi connectivity index (χ3n) is 4.57. The summed E-state index contributed by atoms with van der Waals surface area (Å²) in [4.78, 5) is 12.4. The number of ether oxygens (including phenoxy) is 1. The van der Waals surface area contributed by atoms with Crippen LogP contribution in [-0.4, -0.2) is 5.91 Å². The fourth-order valence-electron chi connectivity index (χ4n) is 2.73. The molecule has 0 saturated carbocycles. The minimum atomic E-state index is -0.430. The smallest absolute Gasteiger partial charge is 0.266 e. The Kier molecular flexibility index (Phi) is 6.44. The van der Waals surface area contributed by atoms with Crippen molar-refractivity contribution in [2.45, 2.75) is 20.5 Å². The number of nitriles is 1. The Morgan fingerprint density at radius 3 is 2.38 bits per heavy atom. The van der Waals surface area contributed by atoms with Crippen molar-refractivity contribution in [3.63, 3.8) is 0 Å². The molecule has 0 heterocycles. The van der Waals surface area contributed by atoms with Crippen molar-refractivity contribution < 1.29 is 9.53 Å². The van der Waals surface area contributed by atoms with Gasteiger partial charge in [0.15, 0.2) is 0 Å². The maximum Gasteiger partial charge on any atom is 0.266 e. The number of rotatable bonds is 6. The topological polar surface area (TPSA) is 62.1 Å². The molecule has 0 aliphatic carbocycles. The summed E-state index contributed by atoms with van der Waals surface area (Å²) >= 11 is 0. The average molecular weight is 382 g/mol. The van der Waals surface area contributed by atoms with Gasteiger partial charge < -0.3 is 10.1 Å². The number of carbonyl (C=O) groups excluding carboxylic acids is 1. The van der Waals surface area contributed by atoms with Crippen LogP contribution in [0.25, 0.3) is 6.08 Å². The van der Waals surface area contributed by atoms with E-state index in [1.807, 2.05) is 92.7 Å². The first-order valence-corrected chi connectivity index (χ1v) is 9.32. The Hall–Kier alpha value is -3.84. The first kappa shape index (κ1) is 19.9. The molecular formula is C25H22N2O2. The zero-order valence-corrected chi connectivity index (χ0v) is 16.5. The lowest BCUT2D eigenvalue weighted by atomic mass is 10.1. The number of aryl methyl sites for hydroxylation is 2. The summed E-state index contributed by atoms with van der Waals surface area (Å²) in [6, 6.07) is 24.8. The summed E-state index contributed by atoms with van der Waals surface area (Å²) in [6.07, 6.45) is 1.57. The minimum absolute atomic E-state index is 0.0428. The van der Waals surface area contributed by atoms with E-state index in [1.165, 1.54) is 0 Å². The highest BCUT2D eigenvalue weighted by Gasteiger charge is 2.10. The second kappa shape index (κ2) is 9.38. The van der Waals surface area contributed by atoms with Crippen LogP contribution in [0.15, 0.2) is 78.4 Å². The number of carbonyl (C=O) groups is 1. The first-order chi connectivity index (χ1) is 14.0. The van der Waals surface area contributed by atoms with Crippen LogP contribution in [0.1, 0.15) is 22.3 Å². The Labute approximate surface area is 171 Å². The fourth-order valence-corrected chi connectivity index (χ4v) is 2.73. The van der Waals surface area contributed by atoms with Gasteiger partial charge in [0.1, 0.15) is 24.0 Å². The molecule has 0 aliphatic heterocycles. The lowest BCUT2D eigenvalue weighted by molar-refractivity contribution is -0.112. The van der Waals surface area contributed by atoms with Crippen LogP contribution in [0.4, 0.5) is 5.69 Å². The molecule has 1 amide bonds. The van der Waals surface area contributed by atoms with Crippen molar-refractivity contribution in [1.82, 2.24) is 0 Å². The molecule has 144 valence electrons. The van der Waals surface area contributed by atoms with Crippen molar-refractivity contribution in [3.8, 4) is 11.8 Å². The largest absolute Gasteiger partial charge is 0.489 e. The molecule has 4 nitrogen and oxygen atoms in total. The zero-order valence-electron chi connectivity index (χ0n) is 16.5. The maximum atomic E-state index is 12.4. The highest BCUT2D eigenvalue weighted by molar-refractivity contribution is 6.09. The van der Waals surface area contributed by atoms with Gasteiger partial charge in [-0.15, -0.1) is 0 Å². The molecule has 0 radical (unpaired) electrons. The van der Waals surface area contributed by atoms with Gasteiger partial charge in [0, 0.05) is 5.69 Å². The number of amides is 1. The summed E-state index contributed by atoms with van der Waals surface area (Å²) in [6.45, 7) is 4.47. The van der Waals surface area contributed by atoms with E-state index in [9.17, 15) is 10.1 Å². The van der Waals surface area contributed by atoms with Crippen LogP contribution in [0, 0.1) is 25.2 Å². The van der Waals surface area contributed by atoms with E-state index in [-0.39, 0.29) is 5.57 Å². The normalized spacial score (nSPS) is 10.9. The molecule has 3 rings (SSSR count).